The van der Waals surface area contributed by atoms with Crippen molar-refractivity contribution in [1.82, 2.24) is 15.5 Å². The van der Waals surface area contributed by atoms with Crippen LogP contribution in [0, 0.1) is 0 Å². The van der Waals surface area contributed by atoms with Gasteiger partial charge in [-0.3, -0.25) is 9.59 Å². The fourth-order valence-corrected chi connectivity index (χ4v) is 3.04. The molecule has 0 aliphatic heterocycles. The second-order valence-electron chi connectivity index (χ2n) is 6.42. The van der Waals surface area contributed by atoms with E-state index in [-0.39, 0.29) is 29.1 Å². The summed E-state index contributed by atoms with van der Waals surface area (Å²) in [4.78, 5) is 26.3. The molecule has 0 heterocycles. The van der Waals surface area contributed by atoms with Gasteiger partial charge in [0.1, 0.15) is 0 Å². The average molecular weight is 408 g/mol. The van der Waals surface area contributed by atoms with E-state index in [1.54, 1.807) is 6.07 Å². The van der Waals surface area contributed by atoms with Crippen LogP contribution in [-0.4, -0.2) is 49.9 Å². The zero-order valence-electron chi connectivity index (χ0n) is 15.3. The second kappa shape index (κ2) is 10.3. The smallest absolute Gasteiger partial charge is 0.253 e. The molecule has 0 fully saturated rings. The summed E-state index contributed by atoms with van der Waals surface area (Å²) in [6, 6.07) is 14.8. The summed E-state index contributed by atoms with van der Waals surface area (Å²) < 4.78 is 0. The molecule has 0 radical (unpaired) electrons. The first-order chi connectivity index (χ1) is 12.9. The van der Waals surface area contributed by atoms with E-state index in [1.165, 1.54) is 17.7 Å². The summed E-state index contributed by atoms with van der Waals surface area (Å²) >= 11 is 11.8. The molecule has 27 heavy (non-hydrogen) atoms. The van der Waals surface area contributed by atoms with E-state index >= 15 is 0 Å². The van der Waals surface area contributed by atoms with E-state index in [0.29, 0.717) is 11.6 Å². The summed E-state index contributed by atoms with van der Waals surface area (Å²) in [5, 5.41) is 6.13. The van der Waals surface area contributed by atoms with E-state index in [2.05, 4.69) is 27.7 Å². The first kappa shape index (κ1) is 21.2. The van der Waals surface area contributed by atoms with Crippen molar-refractivity contribution in [3.05, 3.63) is 69.7 Å². The number of carbonyl (C=O) groups is 2. The lowest BCUT2D eigenvalue weighted by Gasteiger charge is -2.24. The molecule has 2 aromatic carbocycles. The third kappa shape index (κ3) is 6.86. The molecule has 0 spiro atoms. The van der Waals surface area contributed by atoms with Gasteiger partial charge in [-0.1, -0.05) is 53.5 Å². The molecule has 0 aliphatic rings. The van der Waals surface area contributed by atoms with Gasteiger partial charge < -0.3 is 15.5 Å². The number of nitrogens with one attached hydrogen (secondary N) is 2. The minimum absolute atomic E-state index is 0.122. The van der Waals surface area contributed by atoms with Crippen LogP contribution in [0.15, 0.2) is 48.5 Å². The number of hydrogen-bond donors (Lipinski definition) is 2. The molecule has 2 amide bonds. The van der Waals surface area contributed by atoms with Crippen LogP contribution < -0.4 is 10.6 Å². The first-order valence-corrected chi connectivity index (χ1v) is 9.32. The maximum Gasteiger partial charge on any atom is 0.253 e. The van der Waals surface area contributed by atoms with Crippen LogP contribution in [0.25, 0.3) is 0 Å². The van der Waals surface area contributed by atoms with Crippen LogP contribution in [-0.2, 0) is 11.2 Å². The Kier molecular flexibility index (Phi) is 8.10. The third-order valence-corrected chi connectivity index (χ3v) is 4.71. The van der Waals surface area contributed by atoms with E-state index in [1.807, 2.05) is 32.3 Å². The molecule has 0 aliphatic carbocycles. The molecule has 2 N–H and O–H groups in total. The molecule has 0 saturated carbocycles. The topological polar surface area (TPSA) is 61.4 Å². The van der Waals surface area contributed by atoms with Gasteiger partial charge in [-0.2, -0.15) is 0 Å². The molecule has 5 nitrogen and oxygen atoms in total. The predicted molar refractivity (Wildman–Crippen MR) is 109 cm³/mol. The fourth-order valence-electron chi connectivity index (χ4n) is 2.55. The SMILES string of the molecule is CN(C)C(CNC(=O)CNC(=O)c1ccc(Cl)cc1Cl)Cc1ccccc1. The summed E-state index contributed by atoms with van der Waals surface area (Å²) in [5.41, 5.74) is 1.49. The van der Waals surface area contributed by atoms with Gasteiger partial charge in [0.05, 0.1) is 17.1 Å². The van der Waals surface area contributed by atoms with Gasteiger partial charge in [-0.15, -0.1) is 0 Å². The number of carbonyl (C=O) groups excluding carboxylic acids is 2. The largest absolute Gasteiger partial charge is 0.353 e. The van der Waals surface area contributed by atoms with Gasteiger partial charge in [0.25, 0.3) is 5.91 Å². The maximum atomic E-state index is 12.1. The van der Waals surface area contributed by atoms with Gasteiger partial charge in [-0.05, 0) is 44.3 Å². The Morgan fingerprint density at radius 1 is 1.04 bits per heavy atom. The maximum absolute atomic E-state index is 12.1. The normalized spacial score (nSPS) is 11.9. The van der Waals surface area contributed by atoms with E-state index in [0.717, 1.165) is 6.42 Å². The van der Waals surface area contributed by atoms with E-state index in [4.69, 9.17) is 23.2 Å². The van der Waals surface area contributed by atoms with Gasteiger partial charge in [0.2, 0.25) is 5.91 Å². The Hall–Kier alpha value is -2.08. The number of amides is 2. The number of rotatable bonds is 8. The lowest BCUT2D eigenvalue weighted by Crippen LogP contribution is -2.44. The van der Waals surface area contributed by atoms with E-state index in [9.17, 15) is 9.59 Å². The van der Waals surface area contributed by atoms with Gasteiger partial charge in [-0.25, -0.2) is 0 Å². The number of nitrogens with zero attached hydrogens (tertiary/aromatic N) is 1. The lowest BCUT2D eigenvalue weighted by molar-refractivity contribution is -0.120. The highest BCUT2D eigenvalue weighted by Gasteiger charge is 2.15. The van der Waals surface area contributed by atoms with Crippen molar-refractivity contribution >= 4 is 35.0 Å². The number of hydrogen-bond acceptors (Lipinski definition) is 3. The number of likely N-dealkylation sites (N-methyl/N-ethyl adjacent to an activating group) is 1. The minimum Gasteiger partial charge on any atom is -0.353 e. The van der Waals surface area contributed by atoms with Crippen LogP contribution in [0.5, 0.6) is 0 Å². The highest BCUT2D eigenvalue weighted by molar-refractivity contribution is 6.36. The second-order valence-corrected chi connectivity index (χ2v) is 7.26. The lowest BCUT2D eigenvalue weighted by atomic mass is 10.1. The third-order valence-electron chi connectivity index (χ3n) is 4.16. The quantitative estimate of drug-likeness (QED) is 0.706. The highest BCUT2D eigenvalue weighted by atomic mass is 35.5. The molecular formula is C20H23Cl2N3O2. The molecule has 0 aromatic heterocycles. The standard InChI is InChI=1S/C20H23Cl2N3O2/c1-25(2)16(10-14-6-4-3-5-7-14)12-23-19(26)13-24-20(27)17-9-8-15(21)11-18(17)22/h3-9,11,16H,10,12-13H2,1-2H3,(H,23,26)(H,24,27). The molecule has 1 atom stereocenters. The zero-order valence-corrected chi connectivity index (χ0v) is 16.8. The first-order valence-electron chi connectivity index (χ1n) is 8.57. The summed E-state index contributed by atoms with van der Waals surface area (Å²) in [7, 11) is 3.95. The highest BCUT2D eigenvalue weighted by Crippen LogP contribution is 2.20. The van der Waals surface area contributed by atoms with Crippen LogP contribution in [0.3, 0.4) is 0 Å². The molecule has 7 heteroatoms. The summed E-state index contributed by atoms with van der Waals surface area (Å²) in [5.74, 6) is -0.673. The fraction of sp³-hybridized carbons (Fsp3) is 0.300. The molecule has 1 unspecified atom stereocenters. The van der Waals surface area contributed by atoms with E-state index < -0.39 is 5.91 Å². The van der Waals surface area contributed by atoms with Crippen molar-refractivity contribution in [1.29, 1.82) is 0 Å². The Morgan fingerprint density at radius 3 is 2.37 bits per heavy atom. The van der Waals surface area contributed by atoms with Crippen molar-refractivity contribution in [3.8, 4) is 0 Å². The molecule has 0 bridgehead atoms. The monoisotopic (exact) mass is 407 g/mol. The molecule has 144 valence electrons. The summed E-state index contributed by atoms with van der Waals surface area (Å²) in [6.45, 7) is 0.363. The molecular weight excluding hydrogens is 385 g/mol. The van der Waals surface area contributed by atoms with Gasteiger partial charge in [0.15, 0.2) is 0 Å². The van der Waals surface area contributed by atoms with Crippen molar-refractivity contribution < 1.29 is 9.59 Å². The van der Waals surface area contributed by atoms with Gasteiger partial charge >= 0.3 is 0 Å². The van der Waals surface area contributed by atoms with Crippen molar-refractivity contribution in [2.24, 2.45) is 0 Å². The van der Waals surface area contributed by atoms with Crippen LogP contribution in [0.4, 0.5) is 0 Å². The molecule has 2 aromatic rings. The Bertz CT molecular complexity index is 782. The van der Waals surface area contributed by atoms with Crippen LogP contribution >= 0.6 is 23.2 Å². The number of halogens is 2. The molecule has 2 rings (SSSR count). The average Bonchev–Trinajstić information content (AvgIpc) is 2.63. The number of benzene rings is 2. The molecule has 0 saturated heterocycles. The predicted octanol–water partition coefficient (Wildman–Crippen LogP) is 3.01. The minimum atomic E-state index is -0.416. The Morgan fingerprint density at radius 2 is 1.74 bits per heavy atom. The summed E-state index contributed by atoms with van der Waals surface area (Å²) in [6.07, 6.45) is 0.820. The zero-order chi connectivity index (χ0) is 19.8. The Balaban J connectivity index is 1.82. The Labute approximate surface area is 169 Å². The van der Waals surface area contributed by atoms with Crippen LogP contribution in [0.2, 0.25) is 10.0 Å². The van der Waals surface area contributed by atoms with Gasteiger partial charge in [0, 0.05) is 17.6 Å². The van der Waals surface area contributed by atoms with Crippen molar-refractivity contribution in [3.63, 3.8) is 0 Å². The van der Waals surface area contributed by atoms with Crippen LogP contribution in [0.1, 0.15) is 15.9 Å². The van der Waals surface area contributed by atoms with Crippen molar-refractivity contribution in [2.45, 2.75) is 12.5 Å². The van der Waals surface area contributed by atoms with Crippen molar-refractivity contribution in [2.75, 3.05) is 27.2 Å².